The fourth-order valence-corrected chi connectivity index (χ4v) is 2.76. The van der Waals surface area contributed by atoms with E-state index >= 15 is 0 Å². The molecular weight excluding hydrogens is 250 g/mol. The minimum Gasteiger partial charge on any atom is -0.385 e. The maximum Gasteiger partial charge on any atom is 0.108 e. The van der Waals surface area contributed by atoms with Gasteiger partial charge in [-0.25, -0.2) is 0 Å². The second-order valence-corrected chi connectivity index (χ2v) is 5.06. The Morgan fingerprint density at radius 2 is 1.95 bits per heavy atom. The molecule has 1 heterocycles. The molecule has 0 bridgehead atoms. The summed E-state index contributed by atoms with van der Waals surface area (Å²) in [6.45, 7) is 6.68. The second-order valence-electron chi connectivity index (χ2n) is 5.06. The Labute approximate surface area is 120 Å². The van der Waals surface area contributed by atoms with Gasteiger partial charge in [0.15, 0.2) is 0 Å². The number of aliphatic hydroxyl groups is 1. The van der Waals surface area contributed by atoms with E-state index in [0.717, 1.165) is 29.3 Å². The topological polar surface area (TPSA) is 42.4 Å². The maximum atomic E-state index is 10.8. The average molecular weight is 273 g/mol. The van der Waals surface area contributed by atoms with Crippen molar-refractivity contribution in [1.29, 1.82) is 0 Å². The van der Waals surface area contributed by atoms with Crippen LogP contribution in [0.4, 0.5) is 0 Å². The quantitative estimate of drug-likeness (QED) is 0.869. The van der Waals surface area contributed by atoms with Gasteiger partial charge in [0.2, 0.25) is 0 Å². The summed E-state index contributed by atoms with van der Waals surface area (Å²) in [5.74, 6) is 0. The van der Waals surface area contributed by atoms with Gasteiger partial charge < -0.3 is 9.84 Å². The molecule has 108 valence electrons. The van der Waals surface area contributed by atoms with E-state index in [4.69, 9.17) is 4.74 Å². The minimum absolute atomic E-state index is 0.517. The highest BCUT2D eigenvalue weighted by molar-refractivity contribution is 5.78. The fraction of sp³-hybridized carbons (Fsp3) is 0.471. The first-order valence-corrected chi connectivity index (χ1v) is 7.33. The third kappa shape index (κ3) is 2.69. The van der Waals surface area contributed by atoms with E-state index in [1.165, 1.54) is 0 Å². The summed E-state index contributed by atoms with van der Waals surface area (Å²) in [4.78, 5) is 4.35. The molecule has 1 unspecified atom stereocenters. The van der Waals surface area contributed by atoms with Crippen molar-refractivity contribution in [3.8, 4) is 0 Å². The molecule has 2 aromatic rings. The highest BCUT2D eigenvalue weighted by Crippen LogP contribution is 2.36. The van der Waals surface area contributed by atoms with Gasteiger partial charge in [0.05, 0.1) is 11.1 Å². The first-order valence-electron chi connectivity index (χ1n) is 7.33. The molecule has 0 amide bonds. The summed E-state index contributed by atoms with van der Waals surface area (Å²) in [5.41, 5.74) is 1.26. The maximum absolute atomic E-state index is 10.8. The number of benzene rings is 1. The normalized spacial score (nSPS) is 13.6. The lowest BCUT2D eigenvalue weighted by Gasteiger charge is -2.36. The summed E-state index contributed by atoms with van der Waals surface area (Å²) >= 11 is 0. The van der Waals surface area contributed by atoms with Crippen LogP contribution in [0.25, 0.3) is 10.9 Å². The molecule has 1 atom stereocenters. The summed E-state index contributed by atoms with van der Waals surface area (Å²) in [7, 11) is 0. The molecule has 20 heavy (non-hydrogen) atoms. The molecule has 1 aromatic heterocycles. The van der Waals surface area contributed by atoms with Gasteiger partial charge >= 0.3 is 0 Å². The van der Waals surface area contributed by atoms with Gasteiger partial charge in [0, 0.05) is 18.2 Å². The monoisotopic (exact) mass is 273 g/mol. The Kier molecular flexibility index (Phi) is 4.73. The lowest BCUT2D eigenvalue weighted by molar-refractivity contribution is -0.127. The van der Waals surface area contributed by atoms with E-state index in [0.29, 0.717) is 6.61 Å². The Bertz CT molecular complexity index is 564. The fourth-order valence-electron chi connectivity index (χ4n) is 2.76. The molecule has 2 rings (SSSR count). The minimum atomic E-state index is -0.635. The average Bonchev–Trinajstić information content (AvgIpc) is 2.51. The van der Waals surface area contributed by atoms with Crippen molar-refractivity contribution in [1.82, 2.24) is 4.98 Å². The number of aliphatic hydroxyl groups excluding tert-OH is 1. The van der Waals surface area contributed by atoms with Crippen LogP contribution in [0.3, 0.4) is 0 Å². The number of aromatic nitrogens is 1. The van der Waals surface area contributed by atoms with Crippen molar-refractivity contribution >= 4 is 10.9 Å². The number of nitrogens with zero attached hydrogens (tertiary/aromatic N) is 1. The number of pyridine rings is 1. The summed E-state index contributed by atoms with van der Waals surface area (Å²) < 4.78 is 5.89. The van der Waals surface area contributed by atoms with E-state index in [2.05, 4.69) is 18.8 Å². The van der Waals surface area contributed by atoms with Gasteiger partial charge in [-0.1, -0.05) is 32.0 Å². The molecule has 3 nitrogen and oxygen atoms in total. The third-order valence-electron chi connectivity index (χ3n) is 4.07. The molecule has 1 aromatic carbocycles. The third-order valence-corrected chi connectivity index (χ3v) is 4.07. The Morgan fingerprint density at radius 1 is 1.20 bits per heavy atom. The van der Waals surface area contributed by atoms with Gasteiger partial charge in [0.25, 0.3) is 0 Å². The number of hydrogen-bond donors (Lipinski definition) is 1. The zero-order valence-electron chi connectivity index (χ0n) is 12.5. The molecule has 0 aliphatic rings. The smallest absolute Gasteiger partial charge is 0.108 e. The molecule has 3 heteroatoms. The number of rotatable bonds is 6. The van der Waals surface area contributed by atoms with Gasteiger partial charge in [-0.05, 0) is 37.5 Å². The van der Waals surface area contributed by atoms with E-state index in [1.54, 1.807) is 6.20 Å². The first-order chi connectivity index (χ1) is 9.66. The molecule has 0 saturated heterocycles. The van der Waals surface area contributed by atoms with Crippen LogP contribution in [0.15, 0.2) is 36.5 Å². The zero-order valence-corrected chi connectivity index (χ0v) is 12.5. The number of fused-ring (bicyclic) bond motifs is 1. The van der Waals surface area contributed by atoms with Crippen molar-refractivity contribution in [2.24, 2.45) is 0 Å². The lowest BCUT2D eigenvalue weighted by Crippen LogP contribution is -2.38. The largest absolute Gasteiger partial charge is 0.385 e. The molecule has 0 fully saturated rings. The molecule has 0 spiro atoms. The Balaban J connectivity index is 2.40. The van der Waals surface area contributed by atoms with E-state index in [-0.39, 0.29) is 0 Å². The molecule has 1 N–H and O–H groups in total. The van der Waals surface area contributed by atoms with Crippen LogP contribution in [0, 0.1) is 0 Å². The predicted octanol–water partition coefficient (Wildman–Crippen LogP) is 3.86. The van der Waals surface area contributed by atoms with Crippen LogP contribution in [-0.2, 0) is 4.74 Å². The molecular formula is C17H23NO2. The molecule has 0 saturated carbocycles. The number of hydrogen-bond acceptors (Lipinski definition) is 3. The Hall–Kier alpha value is -1.45. The van der Waals surface area contributed by atoms with Crippen molar-refractivity contribution < 1.29 is 9.84 Å². The first kappa shape index (κ1) is 14.9. The highest BCUT2D eigenvalue weighted by atomic mass is 16.5. The molecule has 0 radical (unpaired) electrons. The standard InChI is InChI=1S/C17H23NO2/c1-4-17(5-2,20-6-3)16(19)14-10-9-13-8-7-11-18-15(13)12-14/h7-12,16,19H,4-6H2,1-3H3. The van der Waals surface area contributed by atoms with Crippen molar-refractivity contribution in [2.45, 2.75) is 45.3 Å². The summed E-state index contributed by atoms with van der Waals surface area (Å²) in [6.07, 6.45) is 2.69. The number of ether oxygens (including phenoxy) is 1. The van der Waals surface area contributed by atoms with Gasteiger partial charge in [0.1, 0.15) is 6.10 Å². The Morgan fingerprint density at radius 3 is 2.60 bits per heavy atom. The molecule has 0 aliphatic carbocycles. The van der Waals surface area contributed by atoms with Gasteiger partial charge in [-0.2, -0.15) is 0 Å². The van der Waals surface area contributed by atoms with Gasteiger partial charge in [-0.3, -0.25) is 4.98 Å². The van der Waals surface area contributed by atoms with Crippen LogP contribution in [-0.4, -0.2) is 22.3 Å². The van der Waals surface area contributed by atoms with Crippen LogP contribution >= 0.6 is 0 Å². The van der Waals surface area contributed by atoms with E-state index in [1.807, 2.05) is 37.3 Å². The zero-order chi connectivity index (χ0) is 14.6. The SMILES string of the molecule is CCOC(CC)(CC)C(O)c1ccc2cccnc2c1. The second kappa shape index (κ2) is 6.33. The van der Waals surface area contributed by atoms with E-state index in [9.17, 15) is 5.11 Å². The van der Waals surface area contributed by atoms with Crippen LogP contribution < -0.4 is 0 Å². The lowest BCUT2D eigenvalue weighted by atomic mass is 9.85. The van der Waals surface area contributed by atoms with Crippen molar-refractivity contribution in [3.05, 3.63) is 42.1 Å². The summed E-state index contributed by atoms with van der Waals surface area (Å²) in [5, 5.41) is 11.9. The van der Waals surface area contributed by atoms with Crippen molar-refractivity contribution in [2.75, 3.05) is 6.61 Å². The van der Waals surface area contributed by atoms with Crippen LogP contribution in [0.2, 0.25) is 0 Å². The van der Waals surface area contributed by atoms with Crippen LogP contribution in [0.5, 0.6) is 0 Å². The van der Waals surface area contributed by atoms with Crippen molar-refractivity contribution in [3.63, 3.8) is 0 Å². The predicted molar refractivity (Wildman–Crippen MR) is 81.6 cm³/mol. The summed E-state index contributed by atoms with van der Waals surface area (Å²) in [6, 6.07) is 9.87. The van der Waals surface area contributed by atoms with E-state index < -0.39 is 11.7 Å². The molecule has 0 aliphatic heterocycles. The van der Waals surface area contributed by atoms with Gasteiger partial charge in [-0.15, -0.1) is 0 Å². The highest BCUT2D eigenvalue weighted by Gasteiger charge is 2.36. The van der Waals surface area contributed by atoms with Crippen LogP contribution in [0.1, 0.15) is 45.3 Å².